The first kappa shape index (κ1) is 12.5. The van der Waals surface area contributed by atoms with Gasteiger partial charge in [0, 0.05) is 11.6 Å². The molecule has 3 aromatic rings. The number of hydrogen-bond acceptors (Lipinski definition) is 2. The molecule has 0 saturated heterocycles. The summed E-state index contributed by atoms with van der Waals surface area (Å²) in [4.78, 5) is 0. The van der Waals surface area contributed by atoms with Crippen molar-refractivity contribution >= 4 is 0 Å². The van der Waals surface area contributed by atoms with Crippen molar-refractivity contribution in [1.29, 1.82) is 0 Å². The summed E-state index contributed by atoms with van der Waals surface area (Å²) in [6.45, 7) is 2.59. The smallest absolute Gasteiger partial charge is 0.217 e. The summed E-state index contributed by atoms with van der Waals surface area (Å²) in [5.74, 6) is 0.762. The molecule has 0 fully saturated rings. The second kappa shape index (κ2) is 5.61. The highest BCUT2D eigenvalue weighted by Gasteiger charge is 2.11. The Morgan fingerprint density at radius 3 is 2.25 bits per heavy atom. The van der Waals surface area contributed by atoms with E-state index in [0.717, 1.165) is 22.8 Å². The Bertz CT molecular complexity index is 675. The van der Waals surface area contributed by atoms with E-state index in [1.165, 1.54) is 0 Å². The van der Waals surface area contributed by atoms with Crippen molar-refractivity contribution in [3.8, 4) is 22.8 Å². The summed E-state index contributed by atoms with van der Waals surface area (Å²) in [5.41, 5.74) is 3.00. The van der Waals surface area contributed by atoms with Gasteiger partial charge in [-0.3, -0.25) is 0 Å². The molecular formula is C17H16N2O. The van der Waals surface area contributed by atoms with Gasteiger partial charge in [-0.25, -0.2) is 4.68 Å². The molecule has 3 heteroatoms. The summed E-state index contributed by atoms with van der Waals surface area (Å²) in [6.07, 6.45) is 0. The quantitative estimate of drug-likeness (QED) is 0.713. The van der Waals surface area contributed by atoms with Crippen molar-refractivity contribution < 1.29 is 4.74 Å². The second-order valence-corrected chi connectivity index (χ2v) is 4.41. The number of benzene rings is 2. The van der Waals surface area contributed by atoms with E-state index in [1.54, 1.807) is 0 Å². The fourth-order valence-electron chi connectivity index (χ4n) is 2.12. The van der Waals surface area contributed by atoms with Crippen molar-refractivity contribution in [2.45, 2.75) is 6.92 Å². The van der Waals surface area contributed by atoms with Gasteiger partial charge in [0.2, 0.25) is 5.88 Å². The molecule has 20 heavy (non-hydrogen) atoms. The van der Waals surface area contributed by atoms with Gasteiger partial charge in [0.25, 0.3) is 0 Å². The minimum atomic E-state index is 0.618. The first-order valence-electron chi connectivity index (χ1n) is 6.72. The number of nitrogens with zero attached hydrogens (tertiary/aromatic N) is 2. The highest BCUT2D eigenvalue weighted by Crippen LogP contribution is 2.26. The fourth-order valence-corrected chi connectivity index (χ4v) is 2.12. The zero-order valence-electron chi connectivity index (χ0n) is 11.4. The summed E-state index contributed by atoms with van der Waals surface area (Å²) < 4.78 is 7.53. The van der Waals surface area contributed by atoms with Crippen LogP contribution in [0, 0.1) is 0 Å². The van der Waals surface area contributed by atoms with Crippen LogP contribution >= 0.6 is 0 Å². The Balaban J connectivity index is 2.08. The van der Waals surface area contributed by atoms with Gasteiger partial charge in [-0.2, -0.15) is 5.10 Å². The van der Waals surface area contributed by atoms with Gasteiger partial charge in [0.1, 0.15) is 0 Å². The van der Waals surface area contributed by atoms with Gasteiger partial charge in [0.15, 0.2) is 0 Å². The van der Waals surface area contributed by atoms with Crippen LogP contribution in [0.3, 0.4) is 0 Å². The lowest BCUT2D eigenvalue weighted by Gasteiger charge is -2.06. The van der Waals surface area contributed by atoms with Crippen molar-refractivity contribution in [2.75, 3.05) is 6.61 Å². The number of ether oxygens (including phenoxy) is 1. The predicted molar refractivity (Wildman–Crippen MR) is 80.2 cm³/mol. The van der Waals surface area contributed by atoms with Crippen LogP contribution in [0.4, 0.5) is 0 Å². The van der Waals surface area contributed by atoms with Crippen molar-refractivity contribution in [1.82, 2.24) is 9.78 Å². The van der Waals surface area contributed by atoms with Crippen LogP contribution in [0.15, 0.2) is 66.7 Å². The molecule has 0 atom stereocenters. The van der Waals surface area contributed by atoms with Crippen molar-refractivity contribution in [3.05, 3.63) is 66.7 Å². The monoisotopic (exact) mass is 264 g/mol. The van der Waals surface area contributed by atoms with Gasteiger partial charge in [0.05, 0.1) is 18.0 Å². The first-order valence-corrected chi connectivity index (χ1v) is 6.72. The van der Waals surface area contributed by atoms with Gasteiger partial charge in [-0.15, -0.1) is 0 Å². The zero-order chi connectivity index (χ0) is 13.8. The zero-order valence-corrected chi connectivity index (χ0v) is 11.4. The van der Waals surface area contributed by atoms with E-state index in [1.807, 2.05) is 78.3 Å². The average Bonchev–Trinajstić information content (AvgIpc) is 2.94. The topological polar surface area (TPSA) is 27.1 Å². The average molecular weight is 264 g/mol. The van der Waals surface area contributed by atoms with Crippen LogP contribution in [0.1, 0.15) is 6.92 Å². The van der Waals surface area contributed by atoms with Gasteiger partial charge in [-0.1, -0.05) is 48.5 Å². The summed E-state index contributed by atoms with van der Waals surface area (Å²) in [7, 11) is 0. The fraction of sp³-hybridized carbons (Fsp3) is 0.118. The van der Waals surface area contributed by atoms with Crippen molar-refractivity contribution in [2.24, 2.45) is 0 Å². The molecule has 2 aromatic carbocycles. The molecule has 1 heterocycles. The second-order valence-electron chi connectivity index (χ2n) is 4.41. The molecule has 0 aliphatic heterocycles. The molecule has 100 valence electrons. The summed E-state index contributed by atoms with van der Waals surface area (Å²) >= 11 is 0. The van der Waals surface area contributed by atoms with Gasteiger partial charge >= 0.3 is 0 Å². The summed E-state index contributed by atoms with van der Waals surface area (Å²) in [5, 5.41) is 4.66. The molecule has 0 N–H and O–H groups in total. The molecule has 0 aliphatic rings. The molecule has 0 aliphatic carbocycles. The van der Waals surface area contributed by atoms with Crippen LogP contribution < -0.4 is 4.74 Å². The van der Waals surface area contributed by atoms with Crippen LogP contribution in [-0.4, -0.2) is 16.4 Å². The third-order valence-electron chi connectivity index (χ3n) is 3.04. The SMILES string of the molecule is CCOc1cc(-c2ccccc2)nn1-c1ccccc1. The van der Waals surface area contributed by atoms with E-state index in [9.17, 15) is 0 Å². The molecule has 3 nitrogen and oxygen atoms in total. The number of aromatic nitrogens is 2. The maximum absolute atomic E-state index is 5.69. The van der Waals surface area contributed by atoms with E-state index in [-0.39, 0.29) is 0 Å². The highest BCUT2D eigenvalue weighted by atomic mass is 16.5. The van der Waals surface area contributed by atoms with E-state index in [0.29, 0.717) is 6.61 Å². The molecule has 0 amide bonds. The largest absolute Gasteiger partial charge is 0.478 e. The van der Waals surface area contributed by atoms with Crippen LogP contribution in [0.5, 0.6) is 5.88 Å². The molecule has 3 rings (SSSR count). The Labute approximate surface area is 118 Å². The first-order chi connectivity index (χ1) is 9.88. The van der Waals surface area contributed by atoms with E-state index in [4.69, 9.17) is 4.74 Å². The molecule has 0 spiro atoms. The third kappa shape index (κ3) is 2.43. The minimum Gasteiger partial charge on any atom is -0.478 e. The maximum Gasteiger partial charge on any atom is 0.217 e. The lowest BCUT2D eigenvalue weighted by molar-refractivity contribution is 0.316. The maximum atomic E-state index is 5.69. The standard InChI is InChI=1S/C17H16N2O/c1-2-20-17-13-16(14-9-5-3-6-10-14)18-19(17)15-11-7-4-8-12-15/h3-13H,2H2,1H3. The lowest BCUT2D eigenvalue weighted by atomic mass is 10.2. The molecule has 1 aromatic heterocycles. The number of hydrogen-bond donors (Lipinski definition) is 0. The van der Waals surface area contributed by atoms with E-state index >= 15 is 0 Å². The molecular weight excluding hydrogens is 248 g/mol. The van der Waals surface area contributed by atoms with Gasteiger partial charge < -0.3 is 4.74 Å². The third-order valence-corrected chi connectivity index (χ3v) is 3.04. The molecule has 0 saturated carbocycles. The van der Waals surface area contributed by atoms with Crippen LogP contribution in [-0.2, 0) is 0 Å². The number of rotatable bonds is 4. The van der Waals surface area contributed by atoms with E-state index < -0.39 is 0 Å². The summed E-state index contributed by atoms with van der Waals surface area (Å²) in [6, 6.07) is 22.1. The Hall–Kier alpha value is -2.55. The van der Waals surface area contributed by atoms with Gasteiger partial charge in [-0.05, 0) is 19.1 Å². The minimum absolute atomic E-state index is 0.618. The van der Waals surface area contributed by atoms with Crippen molar-refractivity contribution in [3.63, 3.8) is 0 Å². The normalized spacial score (nSPS) is 10.4. The van der Waals surface area contributed by atoms with Crippen LogP contribution in [0.25, 0.3) is 16.9 Å². The van der Waals surface area contributed by atoms with E-state index in [2.05, 4.69) is 5.10 Å². The Kier molecular flexibility index (Phi) is 3.50. The molecule has 0 radical (unpaired) electrons. The predicted octanol–water partition coefficient (Wildman–Crippen LogP) is 3.94. The Morgan fingerprint density at radius 2 is 1.60 bits per heavy atom. The van der Waals surface area contributed by atoms with Crippen LogP contribution in [0.2, 0.25) is 0 Å². The molecule has 0 unspecified atom stereocenters. The molecule has 0 bridgehead atoms. The lowest BCUT2D eigenvalue weighted by Crippen LogP contribution is -2.02. The Morgan fingerprint density at radius 1 is 0.950 bits per heavy atom. The highest BCUT2D eigenvalue weighted by molar-refractivity contribution is 5.61. The number of para-hydroxylation sites is 1.